The molecule has 3 rings (SSSR count). The Morgan fingerprint density at radius 2 is 2.11 bits per heavy atom. The lowest BCUT2D eigenvalue weighted by Gasteiger charge is -2.44. The van der Waals surface area contributed by atoms with Crippen LogP contribution in [0.2, 0.25) is 0 Å². The highest BCUT2D eigenvalue weighted by atomic mass is 16.5. The topological polar surface area (TPSA) is 66.8 Å². The normalized spacial score (nSPS) is 32.9. The van der Waals surface area contributed by atoms with Crippen LogP contribution in [0.3, 0.4) is 0 Å². The van der Waals surface area contributed by atoms with Crippen molar-refractivity contribution in [3.05, 3.63) is 29.8 Å². The summed E-state index contributed by atoms with van der Waals surface area (Å²) in [7, 11) is 0. The Bertz CT molecular complexity index is 491. The summed E-state index contributed by atoms with van der Waals surface area (Å²) in [4.78, 5) is 10.8. The van der Waals surface area contributed by atoms with Gasteiger partial charge in [-0.25, -0.2) is 0 Å². The molecule has 0 amide bonds. The minimum Gasteiger partial charge on any atom is -0.493 e. The van der Waals surface area contributed by atoms with Gasteiger partial charge in [0.05, 0.1) is 18.1 Å². The van der Waals surface area contributed by atoms with Gasteiger partial charge in [-0.1, -0.05) is 18.2 Å². The maximum absolute atomic E-state index is 10.8. The van der Waals surface area contributed by atoms with Crippen LogP contribution in [0.1, 0.15) is 37.2 Å². The summed E-state index contributed by atoms with van der Waals surface area (Å²) in [6.07, 6.45) is 2.28. The molecule has 1 aromatic rings. The molecule has 2 N–H and O–H groups in total. The Kier molecular flexibility index (Phi) is 2.97. The van der Waals surface area contributed by atoms with E-state index in [1.165, 1.54) is 0 Å². The van der Waals surface area contributed by atoms with Gasteiger partial charge in [-0.15, -0.1) is 0 Å². The number of rotatable bonds is 3. The molecule has 102 valence electrons. The first-order valence-electron chi connectivity index (χ1n) is 6.74. The number of aliphatic carboxylic acids is 1. The van der Waals surface area contributed by atoms with Gasteiger partial charge in [0, 0.05) is 0 Å². The van der Waals surface area contributed by atoms with Crippen LogP contribution in [-0.4, -0.2) is 28.4 Å². The molecule has 1 aliphatic carbocycles. The lowest BCUT2D eigenvalue weighted by atomic mass is 9.66. The standard InChI is InChI=1S/C15H18O4/c16-14(17)11-8-15(18,9-11)7-10-5-6-19-13-4-2-1-3-12(10)13/h1-4,10-11,18H,5-9H2,(H,16,17). The van der Waals surface area contributed by atoms with Gasteiger partial charge in [0.25, 0.3) is 0 Å². The number of fused-ring (bicyclic) bond motifs is 1. The van der Waals surface area contributed by atoms with Gasteiger partial charge in [0.1, 0.15) is 5.75 Å². The molecule has 1 atom stereocenters. The van der Waals surface area contributed by atoms with Crippen molar-refractivity contribution >= 4 is 5.97 Å². The van der Waals surface area contributed by atoms with E-state index >= 15 is 0 Å². The third-order valence-electron chi connectivity index (χ3n) is 4.31. The van der Waals surface area contributed by atoms with Gasteiger partial charge in [-0.05, 0) is 43.2 Å². The number of carbonyl (C=O) groups is 1. The molecule has 1 aliphatic heterocycles. The van der Waals surface area contributed by atoms with Crippen molar-refractivity contribution in [2.45, 2.75) is 37.2 Å². The highest BCUT2D eigenvalue weighted by molar-refractivity contribution is 5.71. The molecule has 0 aromatic heterocycles. The zero-order chi connectivity index (χ0) is 13.5. The van der Waals surface area contributed by atoms with Crippen molar-refractivity contribution in [3.8, 4) is 5.75 Å². The Hall–Kier alpha value is -1.55. The predicted molar refractivity (Wildman–Crippen MR) is 69.2 cm³/mol. The van der Waals surface area contributed by atoms with Crippen LogP contribution in [0.4, 0.5) is 0 Å². The van der Waals surface area contributed by atoms with Crippen LogP contribution < -0.4 is 4.74 Å². The Labute approximate surface area is 112 Å². The average molecular weight is 262 g/mol. The summed E-state index contributed by atoms with van der Waals surface area (Å²) in [5.41, 5.74) is 0.332. The molecular weight excluding hydrogens is 244 g/mol. The van der Waals surface area contributed by atoms with Gasteiger partial charge >= 0.3 is 5.97 Å². The average Bonchev–Trinajstić information content (AvgIpc) is 2.36. The quantitative estimate of drug-likeness (QED) is 0.876. The molecule has 1 aromatic carbocycles. The molecule has 1 saturated carbocycles. The fraction of sp³-hybridized carbons (Fsp3) is 0.533. The molecule has 2 aliphatic rings. The molecular formula is C15H18O4. The third-order valence-corrected chi connectivity index (χ3v) is 4.31. The van der Waals surface area contributed by atoms with Crippen LogP contribution in [0.25, 0.3) is 0 Å². The minimum atomic E-state index is -0.807. The van der Waals surface area contributed by atoms with Crippen LogP contribution in [0.15, 0.2) is 24.3 Å². The first kappa shape index (κ1) is 12.5. The van der Waals surface area contributed by atoms with Crippen LogP contribution in [0.5, 0.6) is 5.75 Å². The van der Waals surface area contributed by atoms with Crippen molar-refractivity contribution < 1.29 is 19.7 Å². The summed E-state index contributed by atoms with van der Waals surface area (Å²) >= 11 is 0. The number of carboxylic acids is 1. The number of hydrogen-bond acceptors (Lipinski definition) is 3. The Balaban J connectivity index is 1.70. The molecule has 19 heavy (non-hydrogen) atoms. The number of para-hydroxylation sites is 1. The lowest BCUT2D eigenvalue weighted by molar-refractivity contribution is -0.159. The molecule has 1 fully saturated rings. The van der Waals surface area contributed by atoms with E-state index in [1.807, 2.05) is 24.3 Å². The summed E-state index contributed by atoms with van der Waals surface area (Å²) < 4.78 is 5.60. The first-order valence-corrected chi connectivity index (χ1v) is 6.74. The van der Waals surface area contributed by atoms with E-state index in [9.17, 15) is 9.90 Å². The molecule has 4 heteroatoms. The zero-order valence-corrected chi connectivity index (χ0v) is 10.7. The number of ether oxygens (including phenoxy) is 1. The predicted octanol–water partition coefficient (Wildman–Crippen LogP) is 2.17. The van der Waals surface area contributed by atoms with E-state index < -0.39 is 11.6 Å². The van der Waals surface area contributed by atoms with Gasteiger partial charge in [-0.2, -0.15) is 0 Å². The largest absolute Gasteiger partial charge is 0.493 e. The number of carboxylic acid groups (broad SMARTS) is 1. The minimum absolute atomic E-state index is 0.268. The van der Waals surface area contributed by atoms with Crippen LogP contribution >= 0.6 is 0 Å². The molecule has 4 nitrogen and oxygen atoms in total. The molecule has 1 heterocycles. The molecule has 0 bridgehead atoms. The second kappa shape index (κ2) is 4.53. The summed E-state index contributed by atoms with van der Waals surface area (Å²) in [6.45, 7) is 0.667. The number of hydrogen-bond donors (Lipinski definition) is 2. The monoisotopic (exact) mass is 262 g/mol. The van der Waals surface area contributed by atoms with Crippen molar-refractivity contribution in [1.82, 2.24) is 0 Å². The van der Waals surface area contributed by atoms with Crippen LogP contribution in [0, 0.1) is 5.92 Å². The SMILES string of the molecule is O=C(O)C1CC(O)(CC2CCOc3ccccc32)C1. The van der Waals surface area contributed by atoms with Gasteiger partial charge in [0.2, 0.25) is 0 Å². The van der Waals surface area contributed by atoms with E-state index in [4.69, 9.17) is 9.84 Å². The highest BCUT2D eigenvalue weighted by Gasteiger charge is 2.47. The first-order chi connectivity index (χ1) is 9.07. The number of benzene rings is 1. The lowest BCUT2D eigenvalue weighted by Crippen LogP contribution is -2.48. The van der Waals surface area contributed by atoms with E-state index in [1.54, 1.807) is 0 Å². The zero-order valence-electron chi connectivity index (χ0n) is 10.7. The maximum Gasteiger partial charge on any atom is 0.306 e. The molecule has 0 radical (unpaired) electrons. The van der Waals surface area contributed by atoms with Crippen molar-refractivity contribution in [1.29, 1.82) is 0 Å². The fourth-order valence-corrected chi connectivity index (χ4v) is 3.29. The second-order valence-electron chi connectivity index (χ2n) is 5.74. The van der Waals surface area contributed by atoms with Crippen molar-refractivity contribution in [2.75, 3.05) is 6.61 Å². The molecule has 1 unspecified atom stereocenters. The van der Waals surface area contributed by atoms with Crippen molar-refractivity contribution in [2.24, 2.45) is 5.92 Å². The van der Waals surface area contributed by atoms with E-state index in [0.29, 0.717) is 25.9 Å². The van der Waals surface area contributed by atoms with Gasteiger partial charge in [-0.3, -0.25) is 4.79 Å². The summed E-state index contributed by atoms with van der Waals surface area (Å²) in [6, 6.07) is 7.91. The Morgan fingerprint density at radius 1 is 1.37 bits per heavy atom. The van der Waals surface area contributed by atoms with Gasteiger partial charge in [0.15, 0.2) is 0 Å². The van der Waals surface area contributed by atoms with Crippen LogP contribution in [-0.2, 0) is 4.79 Å². The summed E-state index contributed by atoms with van der Waals surface area (Å²) in [5, 5.41) is 19.3. The highest BCUT2D eigenvalue weighted by Crippen LogP contribution is 2.47. The van der Waals surface area contributed by atoms with E-state index in [2.05, 4.69) is 0 Å². The molecule has 0 saturated heterocycles. The Morgan fingerprint density at radius 3 is 2.84 bits per heavy atom. The molecule has 0 spiro atoms. The smallest absolute Gasteiger partial charge is 0.306 e. The number of aliphatic hydroxyl groups is 1. The van der Waals surface area contributed by atoms with Crippen molar-refractivity contribution in [3.63, 3.8) is 0 Å². The second-order valence-corrected chi connectivity index (χ2v) is 5.74. The fourth-order valence-electron chi connectivity index (χ4n) is 3.29. The maximum atomic E-state index is 10.8. The third kappa shape index (κ3) is 2.32. The van der Waals surface area contributed by atoms with E-state index in [0.717, 1.165) is 17.7 Å². The van der Waals surface area contributed by atoms with E-state index in [-0.39, 0.29) is 11.8 Å². The van der Waals surface area contributed by atoms with Gasteiger partial charge < -0.3 is 14.9 Å². The summed E-state index contributed by atoms with van der Waals surface area (Å²) in [5.74, 6) is -0.00158.